The van der Waals surface area contributed by atoms with Crippen LogP contribution in [0.2, 0.25) is 0 Å². The van der Waals surface area contributed by atoms with Crippen LogP contribution < -0.4 is 5.56 Å². The lowest BCUT2D eigenvalue weighted by Crippen LogP contribution is -2.24. The van der Waals surface area contributed by atoms with Gasteiger partial charge >= 0.3 is 0 Å². The van der Waals surface area contributed by atoms with E-state index in [9.17, 15) is 4.79 Å². The fourth-order valence-corrected chi connectivity index (χ4v) is 2.14. The molecule has 2 heterocycles. The van der Waals surface area contributed by atoms with Gasteiger partial charge in [0.15, 0.2) is 0 Å². The Morgan fingerprint density at radius 3 is 2.63 bits per heavy atom. The van der Waals surface area contributed by atoms with Crippen molar-refractivity contribution < 1.29 is 0 Å². The molecule has 0 fully saturated rings. The highest BCUT2D eigenvalue weighted by Crippen LogP contribution is 2.11. The summed E-state index contributed by atoms with van der Waals surface area (Å²) in [5, 5.41) is 0.616. The van der Waals surface area contributed by atoms with E-state index in [1.807, 2.05) is 43.3 Å². The lowest BCUT2D eigenvalue weighted by atomic mass is 10.2. The van der Waals surface area contributed by atoms with E-state index < -0.39 is 0 Å². The zero-order chi connectivity index (χ0) is 13.2. The van der Waals surface area contributed by atoms with Gasteiger partial charge in [-0.2, -0.15) is 0 Å². The van der Waals surface area contributed by atoms with Crippen molar-refractivity contribution in [2.45, 2.75) is 13.3 Å². The molecule has 0 saturated carbocycles. The zero-order valence-corrected chi connectivity index (χ0v) is 10.6. The molecule has 0 radical (unpaired) electrons. The molecular weight excluding hydrogens is 238 g/mol. The van der Waals surface area contributed by atoms with E-state index in [-0.39, 0.29) is 5.56 Å². The first kappa shape index (κ1) is 11.6. The van der Waals surface area contributed by atoms with Crippen molar-refractivity contribution in [3.05, 3.63) is 64.8 Å². The number of fused-ring (bicyclic) bond motifs is 1. The summed E-state index contributed by atoms with van der Waals surface area (Å²) in [7, 11) is 0. The Hall–Kier alpha value is -2.49. The molecule has 0 bridgehead atoms. The van der Waals surface area contributed by atoms with E-state index in [2.05, 4.69) is 9.97 Å². The third-order valence-electron chi connectivity index (χ3n) is 3.04. The van der Waals surface area contributed by atoms with Crippen LogP contribution in [0, 0.1) is 0 Å². The highest BCUT2D eigenvalue weighted by molar-refractivity contribution is 5.77. The SMILES string of the molecule is CCc1nc2ccccc2c(=O)n1-c1ccccn1. The van der Waals surface area contributed by atoms with Crippen LogP contribution in [0.4, 0.5) is 0 Å². The summed E-state index contributed by atoms with van der Waals surface area (Å²) in [6.07, 6.45) is 2.35. The van der Waals surface area contributed by atoms with E-state index in [4.69, 9.17) is 0 Å². The Morgan fingerprint density at radius 1 is 1.11 bits per heavy atom. The van der Waals surface area contributed by atoms with Crippen molar-refractivity contribution >= 4 is 10.9 Å². The minimum Gasteiger partial charge on any atom is -0.268 e. The van der Waals surface area contributed by atoms with Gasteiger partial charge in [0.25, 0.3) is 5.56 Å². The maximum atomic E-state index is 12.6. The van der Waals surface area contributed by atoms with E-state index in [0.29, 0.717) is 17.6 Å². The standard InChI is InChI=1S/C15H13N3O/c1-2-13-17-12-8-4-3-7-11(12)15(19)18(13)14-9-5-6-10-16-14/h3-10H,2H2,1H3. The number of aromatic nitrogens is 3. The molecule has 0 spiro atoms. The van der Waals surface area contributed by atoms with Gasteiger partial charge in [-0.3, -0.25) is 4.79 Å². The van der Waals surface area contributed by atoms with E-state index in [1.54, 1.807) is 16.8 Å². The average Bonchev–Trinajstić information content (AvgIpc) is 2.48. The Balaban J connectivity index is 2.41. The van der Waals surface area contributed by atoms with Crippen LogP contribution in [0.1, 0.15) is 12.7 Å². The summed E-state index contributed by atoms with van der Waals surface area (Å²) in [5.41, 5.74) is 0.665. The molecule has 4 nitrogen and oxygen atoms in total. The highest BCUT2D eigenvalue weighted by atomic mass is 16.1. The molecule has 0 atom stereocenters. The quantitative estimate of drug-likeness (QED) is 0.702. The van der Waals surface area contributed by atoms with Crippen molar-refractivity contribution in [1.82, 2.24) is 14.5 Å². The number of pyridine rings is 1. The molecule has 19 heavy (non-hydrogen) atoms. The average molecular weight is 251 g/mol. The van der Waals surface area contributed by atoms with Crippen molar-refractivity contribution in [1.29, 1.82) is 0 Å². The van der Waals surface area contributed by atoms with Gasteiger partial charge in [-0.25, -0.2) is 14.5 Å². The van der Waals surface area contributed by atoms with Gasteiger partial charge in [0.05, 0.1) is 10.9 Å². The Bertz CT molecular complexity index is 778. The van der Waals surface area contributed by atoms with E-state index in [1.165, 1.54) is 0 Å². The second kappa shape index (κ2) is 4.65. The van der Waals surface area contributed by atoms with Gasteiger partial charge in [0.2, 0.25) is 0 Å². The van der Waals surface area contributed by atoms with E-state index in [0.717, 1.165) is 11.3 Å². The van der Waals surface area contributed by atoms with Crippen LogP contribution in [0.25, 0.3) is 16.7 Å². The second-order valence-electron chi connectivity index (χ2n) is 4.23. The van der Waals surface area contributed by atoms with Gasteiger partial charge in [-0.15, -0.1) is 0 Å². The van der Waals surface area contributed by atoms with Gasteiger partial charge in [-0.1, -0.05) is 25.1 Å². The number of rotatable bonds is 2. The lowest BCUT2D eigenvalue weighted by molar-refractivity contribution is 0.812. The van der Waals surface area contributed by atoms with Crippen LogP contribution in [0.3, 0.4) is 0 Å². The number of para-hydroxylation sites is 1. The summed E-state index contributed by atoms with van der Waals surface area (Å²) >= 11 is 0. The molecule has 0 amide bonds. The molecule has 4 heteroatoms. The molecule has 94 valence electrons. The number of benzene rings is 1. The molecule has 0 aliphatic carbocycles. The molecule has 3 rings (SSSR count). The van der Waals surface area contributed by atoms with Crippen LogP contribution in [0.15, 0.2) is 53.5 Å². The maximum Gasteiger partial charge on any atom is 0.267 e. The van der Waals surface area contributed by atoms with E-state index >= 15 is 0 Å². The fraction of sp³-hybridized carbons (Fsp3) is 0.133. The van der Waals surface area contributed by atoms with Gasteiger partial charge < -0.3 is 0 Å². The first-order valence-electron chi connectivity index (χ1n) is 6.23. The molecule has 0 unspecified atom stereocenters. The summed E-state index contributed by atoms with van der Waals surface area (Å²) in [5.74, 6) is 1.34. The van der Waals surface area contributed by atoms with Crippen molar-refractivity contribution in [3.63, 3.8) is 0 Å². The second-order valence-corrected chi connectivity index (χ2v) is 4.23. The topological polar surface area (TPSA) is 47.8 Å². The van der Waals surface area contributed by atoms with Gasteiger partial charge in [-0.05, 0) is 24.3 Å². The zero-order valence-electron chi connectivity index (χ0n) is 10.6. The number of aryl methyl sites for hydroxylation is 1. The predicted octanol–water partition coefficient (Wildman–Crippen LogP) is 2.34. The molecule has 0 N–H and O–H groups in total. The lowest BCUT2D eigenvalue weighted by Gasteiger charge is -2.11. The predicted molar refractivity (Wildman–Crippen MR) is 74.5 cm³/mol. The Labute approximate surface area is 110 Å². The maximum absolute atomic E-state index is 12.6. The molecular formula is C15H13N3O. The third-order valence-corrected chi connectivity index (χ3v) is 3.04. The third kappa shape index (κ3) is 1.91. The summed E-state index contributed by atoms with van der Waals surface area (Å²) in [6.45, 7) is 1.98. The van der Waals surface area contributed by atoms with Crippen molar-refractivity contribution in [3.8, 4) is 5.82 Å². The Morgan fingerprint density at radius 2 is 1.89 bits per heavy atom. The number of hydrogen-bond acceptors (Lipinski definition) is 3. The number of hydrogen-bond donors (Lipinski definition) is 0. The van der Waals surface area contributed by atoms with Gasteiger partial charge in [0.1, 0.15) is 11.6 Å². The fourth-order valence-electron chi connectivity index (χ4n) is 2.14. The summed E-state index contributed by atoms with van der Waals surface area (Å²) < 4.78 is 1.59. The van der Waals surface area contributed by atoms with Crippen LogP contribution in [0.5, 0.6) is 0 Å². The number of nitrogens with zero attached hydrogens (tertiary/aromatic N) is 3. The minimum absolute atomic E-state index is 0.0684. The van der Waals surface area contributed by atoms with Crippen LogP contribution >= 0.6 is 0 Å². The van der Waals surface area contributed by atoms with Crippen molar-refractivity contribution in [2.75, 3.05) is 0 Å². The largest absolute Gasteiger partial charge is 0.268 e. The summed E-state index contributed by atoms with van der Waals surface area (Å²) in [4.78, 5) is 21.4. The first-order chi connectivity index (χ1) is 9.31. The highest BCUT2D eigenvalue weighted by Gasteiger charge is 2.11. The smallest absolute Gasteiger partial charge is 0.267 e. The summed E-state index contributed by atoms with van der Waals surface area (Å²) in [6, 6.07) is 12.9. The van der Waals surface area contributed by atoms with Crippen molar-refractivity contribution in [2.24, 2.45) is 0 Å². The van der Waals surface area contributed by atoms with Crippen LogP contribution in [-0.4, -0.2) is 14.5 Å². The Kier molecular flexibility index (Phi) is 2.83. The monoisotopic (exact) mass is 251 g/mol. The molecule has 0 aliphatic heterocycles. The molecule has 0 aliphatic rings. The minimum atomic E-state index is -0.0684. The molecule has 0 saturated heterocycles. The molecule has 2 aromatic heterocycles. The molecule has 3 aromatic rings. The first-order valence-corrected chi connectivity index (χ1v) is 6.23. The van der Waals surface area contributed by atoms with Crippen LogP contribution in [-0.2, 0) is 6.42 Å². The molecule has 1 aromatic carbocycles. The van der Waals surface area contributed by atoms with Gasteiger partial charge in [0, 0.05) is 12.6 Å². The normalized spacial score (nSPS) is 10.8.